The molecule has 1 N–H and O–H groups in total. The highest BCUT2D eigenvalue weighted by Gasteiger charge is 2.16. The van der Waals surface area contributed by atoms with Crippen LogP contribution in [0, 0.1) is 0 Å². The summed E-state index contributed by atoms with van der Waals surface area (Å²) in [6.07, 6.45) is 4.18. The van der Waals surface area contributed by atoms with E-state index >= 15 is 0 Å². The summed E-state index contributed by atoms with van der Waals surface area (Å²) in [6.45, 7) is 2.09. The van der Waals surface area contributed by atoms with Crippen LogP contribution in [0.15, 0.2) is 22.0 Å². The lowest BCUT2D eigenvalue weighted by atomic mass is 10.1. The van der Waals surface area contributed by atoms with Gasteiger partial charge in [-0.1, -0.05) is 13.0 Å². The first-order valence-corrected chi connectivity index (χ1v) is 8.69. The fourth-order valence-corrected chi connectivity index (χ4v) is 3.86. The molecular formula is C15H21BrN2OS. The van der Waals surface area contributed by atoms with Gasteiger partial charge in [0, 0.05) is 18.3 Å². The van der Waals surface area contributed by atoms with E-state index < -0.39 is 0 Å². The predicted octanol–water partition coefficient (Wildman–Crippen LogP) is 3.73. The monoisotopic (exact) mass is 356 g/mol. The van der Waals surface area contributed by atoms with E-state index in [0.717, 1.165) is 41.5 Å². The third kappa shape index (κ3) is 3.93. The van der Waals surface area contributed by atoms with Gasteiger partial charge in [0.1, 0.15) is 0 Å². The van der Waals surface area contributed by atoms with Gasteiger partial charge < -0.3 is 5.11 Å². The molecule has 0 bridgehead atoms. The van der Waals surface area contributed by atoms with Crippen molar-refractivity contribution in [3.8, 4) is 0 Å². The van der Waals surface area contributed by atoms with Gasteiger partial charge in [-0.2, -0.15) is 5.10 Å². The Kier molecular flexibility index (Phi) is 5.81. The summed E-state index contributed by atoms with van der Waals surface area (Å²) < 4.78 is 2.94. The molecule has 0 saturated heterocycles. The van der Waals surface area contributed by atoms with Crippen LogP contribution >= 0.6 is 27.3 Å². The molecule has 0 fully saturated rings. The molecule has 3 nitrogen and oxygen atoms in total. The minimum atomic E-state index is -0.300. The Bertz CT molecular complexity index is 536. The summed E-state index contributed by atoms with van der Waals surface area (Å²) in [6, 6.07) is 4.23. The van der Waals surface area contributed by atoms with E-state index in [9.17, 15) is 5.11 Å². The molecule has 0 spiro atoms. The average Bonchev–Trinajstić information content (AvgIpc) is 3.02. The van der Waals surface area contributed by atoms with E-state index in [1.807, 2.05) is 11.7 Å². The van der Waals surface area contributed by atoms with E-state index in [0.29, 0.717) is 6.42 Å². The smallest absolute Gasteiger partial charge is 0.0766 e. The zero-order chi connectivity index (χ0) is 14.5. The van der Waals surface area contributed by atoms with Gasteiger partial charge in [-0.25, -0.2) is 0 Å². The summed E-state index contributed by atoms with van der Waals surface area (Å²) in [5, 5.41) is 16.8. The Morgan fingerprint density at radius 2 is 2.30 bits per heavy atom. The van der Waals surface area contributed by atoms with Gasteiger partial charge in [-0.05, 0) is 53.1 Å². The standard InChI is InChI=1S/C15H21BrN2OS/c1-3-13-15(16)14(18(2)17-13)10-11(19)6-4-7-12-8-5-9-20-12/h5,8-9,11,19H,3-4,6-7,10H2,1-2H3. The number of halogens is 1. The zero-order valence-corrected chi connectivity index (χ0v) is 14.4. The molecule has 0 aliphatic heterocycles. The fourth-order valence-electron chi connectivity index (χ4n) is 2.33. The molecule has 5 heteroatoms. The van der Waals surface area contributed by atoms with Gasteiger partial charge in [-0.15, -0.1) is 11.3 Å². The van der Waals surface area contributed by atoms with Gasteiger partial charge in [0.05, 0.1) is 22.0 Å². The maximum Gasteiger partial charge on any atom is 0.0766 e. The maximum absolute atomic E-state index is 10.2. The largest absolute Gasteiger partial charge is 0.393 e. The van der Waals surface area contributed by atoms with Crippen molar-refractivity contribution in [3.05, 3.63) is 38.3 Å². The lowest BCUT2D eigenvalue weighted by molar-refractivity contribution is 0.159. The summed E-state index contributed by atoms with van der Waals surface area (Å²) in [5.41, 5.74) is 2.15. The van der Waals surface area contributed by atoms with E-state index in [1.54, 1.807) is 11.3 Å². The first-order valence-electron chi connectivity index (χ1n) is 7.02. The molecule has 0 aromatic carbocycles. The van der Waals surface area contributed by atoms with Crippen LogP contribution < -0.4 is 0 Å². The average molecular weight is 357 g/mol. The molecular weight excluding hydrogens is 336 g/mol. The second kappa shape index (κ2) is 7.38. The highest BCUT2D eigenvalue weighted by atomic mass is 79.9. The molecule has 0 aliphatic carbocycles. The van der Waals surface area contributed by atoms with E-state index in [2.05, 4.69) is 45.5 Å². The summed E-state index contributed by atoms with van der Waals surface area (Å²) in [5.74, 6) is 0. The molecule has 0 radical (unpaired) electrons. The molecule has 20 heavy (non-hydrogen) atoms. The van der Waals surface area contributed by atoms with Crippen molar-refractivity contribution < 1.29 is 5.11 Å². The van der Waals surface area contributed by atoms with Crippen LogP contribution in [0.5, 0.6) is 0 Å². The third-order valence-electron chi connectivity index (χ3n) is 3.47. The van der Waals surface area contributed by atoms with Crippen molar-refractivity contribution in [2.24, 2.45) is 7.05 Å². The minimum Gasteiger partial charge on any atom is -0.393 e. The lowest BCUT2D eigenvalue weighted by Crippen LogP contribution is -2.13. The molecule has 110 valence electrons. The molecule has 2 aromatic heterocycles. The van der Waals surface area contributed by atoms with Crippen molar-refractivity contribution >= 4 is 27.3 Å². The summed E-state index contributed by atoms with van der Waals surface area (Å²) in [7, 11) is 1.94. The number of hydrogen-bond donors (Lipinski definition) is 1. The van der Waals surface area contributed by atoms with Crippen LogP contribution in [0.25, 0.3) is 0 Å². The minimum absolute atomic E-state index is 0.300. The Hall–Kier alpha value is -0.650. The quantitative estimate of drug-likeness (QED) is 0.820. The topological polar surface area (TPSA) is 38.0 Å². The van der Waals surface area contributed by atoms with Crippen LogP contribution in [0.1, 0.15) is 36.0 Å². The SMILES string of the molecule is CCc1nn(C)c(CC(O)CCCc2cccs2)c1Br. The number of nitrogens with zero attached hydrogens (tertiary/aromatic N) is 2. The zero-order valence-electron chi connectivity index (χ0n) is 12.0. The number of hydrogen-bond acceptors (Lipinski definition) is 3. The number of aromatic nitrogens is 2. The van der Waals surface area contributed by atoms with Gasteiger partial charge in [0.25, 0.3) is 0 Å². The first kappa shape index (κ1) is 15.7. The van der Waals surface area contributed by atoms with E-state index in [1.165, 1.54) is 4.88 Å². The normalized spacial score (nSPS) is 12.8. The van der Waals surface area contributed by atoms with Gasteiger partial charge in [0.2, 0.25) is 0 Å². The van der Waals surface area contributed by atoms with Crippen LogP contribution in [0.2, 0.25) is 0 Å². The van der Waals surface area contributed by atoms with Gasteiger partial charge in [0.15, 0.2) is 0 Å². The van der Waals surface area contributed by atoms with Crippen LogP contribution in [0.3, 0.4) is 0 Å². The highest BCUT2D eigenvalue weighted by Crippen LogP contribution is 2.23. The molecule has 2 heterocycles. The molecule has 2 aromatic rings. The molecule has 0 saturated carbocycles. The van der Waals surface area contributed by atoms with Crippen LogP contribution in [-0.2, 0) is 26.3 Å². The predicted molar refractivity (Wildman–Crippen MR) is 87.3 cm³/mol. The van der Waals surface area contributed by atoms with Crippen molar-refractivity contribution in [3.63, 3.8) is 0 Å². The first-order chi connectivity index (χ1) is 9.61. The van der Waals surface area contributed by atoms with Crippen molar-refractivity contribution in [2.75, 3.05) is 0 Å². The summed E-state index contributed by atoms with van der Waals surface area (Å²) >= 11 is 5.38. The Balaban J connectivity index is 1.85. The Labute approximate surface area is 132 Å². The summed E-state index contributed by atoms with van der Waals surface area (Å²) in [4.78, 5) is 1.40. The molecule has 0 aliphatic rings. The van der Waals surface area contributed by atoms with E-state index in [-0.39, 0.29) is 6.10 Å². The fraction of sp³-hybridized carbons (Fsp3) is 0.533. The molecule has 2 rings (SSSR count). The van der Waals surface area contributed by atoms with Crippen LogP contribution in [0.4, 0.5) is 0 Å². The van der Waals surface area contributed by atoms with Crippen LogP contribution in [-0.4, -0.2) is 21.0 Å². The maximum atomic E-state index is 10.2. The second-order valence-corrected chi connectivity index (χ2v) is 6.84. The van der Waals surface area contributed by atoms with Gasteiger partial charge in [-0.3, -0.25) is 4.68 Å². The Morgan fingerprint density at radius 1 is 1.50 bits per heavy atom. The highest BCUT2D eigenvalue weighted by molar-refractivity contribution is 9.10. The second-order valence-electron chi connectivity index (χ2n) is 5.01. The van der Waals surface area contributed by atoms with Crippen molar-refractivity contribution in [1.82, 2.24) is 9.78 Å². The number of aliphatic hydroxyl groups excluding tert-OH is 1. The number of thiophene rings is 1. The Morgan fingerprint density at radius 3 is 2.90 bits per heavy atom. The molecule has 1 atom stereocenters. The molecule has 1 unspecified atom stereocenters. The van der Waals surface area contributed by atoms with Gasteiger partial charge >= 0.3 is 0 Å². The van der Waals surface area contributed by atoms with Crippen molar-refractivity contribution in [1.29, 1.82) is 0 Å². The number of rotatable bonds is 7. The van der Waals surface area contributed by atoms with Crippen molar-refractivity contribution in [2.45, 2.75) is 45.1 Å². The number of aliphatic hydroxyl groups is 1. The third-order valence-corrected chi connectivity index (χ3v) is 5.32. The lowest BCUT2D eigenvalue weighted by Gasteiger charge is -2.11. The molecule has 0 amide bonds. The van der Waals surface area contributed by atoms with E-state index in [4.69, 9.17) is 0 Å². The number of aryl methyl sites for hydroxylation is 3.